The van der Waals surface area contributed by atoms with Crippen molar-refractivity contribution in [2.75, 3.05) is 0 Å². The quantitative estimate of drug-likeness (QED) is 0.671. The third-order valence-electron chi connectivity index (χ3n) is 4.11. The smallest absolute Gasteiger partial charge is 0.315 e. The van der Waals surface area contributed by atoms with Crippen LogP contribution in [-0.2, 0) is 6.54 Å². The molecule has 0 bridgehead atoms. The van der Waals surface area contributed by atoms with Crippen molar-refractivity contribution in [2.45, 2.75) is 43.9 Å². The van der Waals surface area contributed by atoms with Gasteiger partial charge < -0.3 is 21.3 Å². The highest BCUT2D eigenvalue weighted by Gasteiger charge is 2.37. The van der Waals surface area contributed by atoms with E-state index < -0.39 is 0 Å². The van der Waals surface area contributed by atoms with Crippen LogP contribution in [0.3, 0.4) is 0 Å². The highest BCUT2D eigenvalue weighted by molar-refractivity contribution is 5.77. The number of hydrogen-bond donors (Lipinski definition) is 4. The summed E-state index contributed by atoms with van der Waals surface area (Å²) in [7, 11) is 0. The first-order chi connectivity index (χ1) is 10.2. The minimum atomic E-state index is -0.153. The summed E-state index contributed by atoms with van der Waals surface area (Å²) in [5.41, 5.74) is 1.07. The number of hydrogen-bond acceptors (Lipinski definition) is 2. The van der Waals surface area contributed by atoms with Crippen molar-refractivity contribution < 1.29 is 9.59 Å². The highest BCUT2D eigenvalue weighted by atomic mass is 16.2. The van der Waals surface area contributed by atoms with Gasteiger partial charge in [0, 0.05) is 12.6 Å². The predicted octanol–water partition coefficient (Wildman–Crippen LogP) is 1.09. The van der Waals surface area contributed by atoms with Crippen LogP contribution in [0, 0.1) is 0 Å². The van der Waals surface area contributed by atoms with Gasteiger partial charge in [0.05, 0.1) is 12.1 Å². The van der Waals surface area contributed by atoms with Crippen molar-refractivity contribution >= 4 is 12.1 Å². The summed E-state index contributed by atoms with van der Waals surface area (Å²) in [6, 6.07) is 10.0. The molecule has 0 radical (unpaired) electrons. The first-order valence-electron chi connectivity index (χ1n) is 7.36. The van der Waals surface area contributed by atoms with E-state index in [4.69, 9.17) is 0 Å². The second-order valence-corrected chi connectivity index (χ2v) is 5.65. The van der Waals surface area contributed by atoms with E-state index in [0.717, 1.165) is 24.8 Å². The molecule has 3 rings (SSSR count). The zero-order valence-electron chi connectivity index (χ0n) is 11.8. The second kappa shape index (κ2) is 6.03. The maximum absolute atomic E-state index is 11.9. The van der Waals surface area contributed by atoms with E-state index in [9.17, 15) is 9.59 Å². The molecule has 1 aromatic rings. The van der Waals surface area contributed by atoms with Crippen LogP contribution in [0.1, 0.15) is 24.8 Å². The summed E-state index contributed by atoms with van der Waals surface area (Å²) in [6.07, 6.45) is 2.57. The zero-order valence-corrected chi connectivity index (χ0v) is 11.8. The Kier molecular flexibility index (Phi) is 3.94. The molecule has 2 fully saturated rings. The minimum absolute atomic E-state index is 0.0980. The van der Waals surface area contributed by atoms with Crippen LogP contribution in [0.15, 0.2) is 30.3 Å². The van der Waals surface area contributed by atoms with Crippen molar-refractivity contribution in [1.29, 1.82) is 0 Å². The second-order valence-electron chi connectivity index (χ2n) is 5.65. The van der Waals surface area contributed by atoms with Gasteiger partial charge in [0.2, 0.25) is 0 Å². The molecule has 1 aliphatic heterocycles. The number of carbonyl (C=O) groups is 2. The molecule has 4 N–H and O–H groups in total. The molecule has 0 aromatic heterocycles. The van der Waals surface area contributed by atoms with Crippen molar-refractivity contribution in [2.24, 2.45) is 0 Å². The van der Waals surface area contributed by atoms with E-state index in [1.165, 1.54) is 0 Å². The number of rotatable bonds is 3. The molecule has 1 heterocycles. The normalized spacial score (nSPS) is 27.2. The lowest BCUT2D eigenvalue weighted by molar-refractivity contribution is 0.227. The van der Waals surface area contributed by atoms with Crippen molar-refractivity contribution in [3.63, 3.8) is 0 Å². The highest BCUT2D eigenvalue weighted by Crippen LogP contribution is 2.22. The Morgan fingerprint density at radius 2 is 1.90 bits per heavy atom. The molecule has 1 aliphatic carbocycles. The summed E-state index contributed by atoms with van der Waals surface area (Å²) in [5.74, 6) is 0. The third kappa shape index (κ3) is 3.45. The Morgan fingerprint density at radius 1 is 1.14 bits per heavy atom. The van der Waals surface area contributed by atoms with Crippen LogP contribution in [0.5, 0.6) is 0 Å². The first kappa shape index (κ1) is 13.7. The Labute approximate surface area is 123 Å². The number of benzene rings is 1. The van der Waals surface area contributed by atoms with Gasteiger partial charge in [-0.15, -0.1) is 0 Å². The molecule has 1 aromatic carbocycles. The van der Waals surface area contributed by atoms with Crippen LogP contribution >= 0.6 is 0 Å². The van der Waals surface area contributed by atoms with Crippen LogP contribution in [0.25, 0.3) is 0 Å². The Hall–Kier alpha value is -2.24. The molecule has 3 unspecified atom stereocenters. The molecule has 21 heavy (non-hydrogen) atoms. The average Bonchev–Trinajstić information content (AvgIpc) is 2.85. The summed E-state index contributed by atoms with van der Waals surface area (Å²) in [5, 5.41) is 11.6. The largest absolute Gasteiger partial charge is 0.335 e. The lowest BCUT2D eigenvalue weighted by Crippen LogP contribution is -2.50. The zero-order chi connectivity index (χ0) is 14.7. The molecular weight excluding hydrogens is 268 g/mol. The molecule has 112 valence electrons. The fourth-order valence-electron chi connectivity index (χ4n) is 3.03. The van der Waals surface area contributed by atoms with Crippen molar-refractivity contribution in [3.05, 3.63) is 35.9 Å². The molecule has 2 aliphatic rings. The van der Waals surface area contributed by atoms with Gasteiger partial charge in [0.15, 0.2) is 0 Å². The predicted molar refractivity (Wildman–Crippen MR) is 78.7 cm³/mol. The molecule has 3 atom stereocenters. The van der Waals surface area contributed by atoms with E-state index >= 15 is 0 Å². The van der Waals surface area contributed by atoms with E-state index in [1.807, 2.05) is 30.3 Å². The minimum Gasteiger partial charge on any atom is -0.335 e. The van der Waals surface area contributed by atoms with Gasteiger partial charge in [-0.2, -0.15) is 0 Å². The maximum Gasteiger partial charge on any atom is 0.315 e. The monoisotopic (exact) mass is 288 g/mol. The molecule has 4 amide bonds. The lowest BCUT2D eigenvalue weighted by atomic mass is 9.88. The fourth-order valence-corrected chi connectivity index (χ4v) is 3.03. The van der Waals surface area contributed by atoms with Gasteiger partial charge in [-0.3, -0.25) is 0 Å². The number of urea groups is 2. The van der Waals surface area contributed by atoms with Crippen molar-refractivity contribution in [1.82, 2.24) is 21.3 Å². The maximum atomic E-state index is 11.9. The van der Waals surface area contributed by atoms with Gasteiger partial charge in [-0.25, -0.2) is 9.59 Å². The van der Waals surface area contributed by atoms with Gasteiger partial charge >= 0.3 is 12.1 Å². The van der Waals surface area contributed by atoms with E-state index in [-0.39, 0.29) is 30.2 Å². The molecule has 6 heteroatoms. The van der Waals surface area contributed by atoms with Gasteiger partial charge in [0.1, 0.15) is 0 Å². The van der Waals surface area contributed by atoms with E-state index in [2.05, 4.69) is 21.3 Å². The topological polar surface area (TPSA) is 82.3 Å². The van der Waals surface area contributed by atoms with Gasteiger partial charge in [-0.1, -0.05) is 30.3 Å². The molecule has 6 nitrogen and oxygen atoms in total. The average molecular weight is 288 g/mol. The van der Waals surface area contributed by atoms with Gasteiger partial charge in [-0.05, 0) is 24.8 Å². The van der Waals surface area contributed by atoms with Crippen molar-refractivity contribution in [3.8, 4) is 0 Å². The number of fused-ring (bicyclic) bond motifs is 1. The Morgan fingerprint density at radius 3 is 2.71 bits per heavy atom. The summed E-state index contributed by atoms with van der Waals surface area (Å²) < 4.78 is 0. The van der Waals surface area contributed by atoms with Crippen LogP contribution in [-0.4, -0.2) is 30.2 Å². The Bertz CT molecular complexity index is 520. The summed E-state index contributed by atoms with van der Waals surface area (Å²) >= 11 is 0. The molecular formula is C15H20N4O2. The number of carbonyl (C=O) groups excluding carboxylic acids is 2. The van der Waals surface area contributed by atoms with E-state index in [0.29, 0.717) is 6.54 Å². The molecule has 1 saturated heterocycles. The standard InChI is InChI=1S/C15H20N4O2/c20-14(16-9-10-4-2-1-3-5-10)17-11-6-7-12-13(8-11)19-15(21)18-12/h1-5,11-13H,6-9H2,(H2,16,17,20)(H2,18,19,21). The van der Waals surface area contributed by atoms with E-state index in [1.54, 1.807) is 0 Å². The van der Waals surface area contributed by atoms with Gasteiger partial charge in [0.25, 0.3) is 0 Å². The molecule has 1 saturated carbocycles. The Balaban J connectivity index is 1.44. The van der Waals surface area contributed by atoms with Crippen LogP contribution < -0.4 is 21.3 Å². The first-order valence-corrected chi connectivity index (χ1v) is 7.36. The summed E-state index contributed by atoms with van der Waals surface area (Å²) in [4.78, 5) is 23.2. The SMILES string of the molecule is O=C(NCc1ccccc1)NC1CCC2NC(=O)NC2C1. The summed E-state index contributed by atoms with van der Waals surface area (Å²) in [6.45, 7) is 0.518. The fraction of sp³-hybridized carbons (Fsp3) is 0.467. The third-order valence-corrected chi connectivity index (χ3v) is 4.11. The van der Waals surface area contributed by atoms with Crippen LogP contribution in [0.4, 0.5) is 9.59 Å². The lowest BCUT2D eigenvalue weighted by Gasteiger charge is -2.31. The van der Waals surface area contributed by atoms with Crippen LogP contribution in [0.2, 0.25) is 0 Å². The number of nitrogens with one attached hydrogen (secondary N) is 4. The number of amides is 4. The molecule has 0 spiro atoms.